The highest BCUT2D eigenvalue weighted by Gasteiger charge is 2.39. The average Bonchev–Trinajstić information content (AvgIpc) is 3.05. The van der Waals surface area contributed by atoms with E-state index in [9.17, 15) is 4.79 Å². The number of ether oxygens (including phenoxy) is 1. The predicted octanol–water partition coefficient (Wildman–Crippen LogP) is 1.76. The van der Waals surface area contributed by atoms with E-state index in [1.165, 1.54) is 5.56 Å². The maximum atomic E-state index is 12.3. The minimum absolute atomic E-state index is 0.00477. The molecule has 0 aliphatic carbocycles. The second-order valence-corrected chi connectivity index (χ2v) is 6.76. The Morgan fingerprint density at radius 3 is 2.85 bits per heavy atom. The van der Waals surface area contributed by atoms with Gasteiger partial charge >= 0.3 is 0 Å². The first-order valence-corrected chi connectivity index (χ1v) is 9.05. The van der Waals surface area contributed by atoms with Crippen LogP contribution in [0.15, 0.2) is 30.7 Å². The zero-order valence-corrected chi connectivity index (χ0v) is 15.8. The fourth-order valence-corrected chi connectivity index (χ4v) is 3.41. The van der Waals surface area contributed by atoms with Crippen LogP contribution in [-0.4, -0.2) is 51.1 Å². The van der Waals surface area contributed by atoms with Crippen molar-refractivity contribution in [2.45, 2.75) is 39.0 Å². The lowest BCUT2D eigenvalue weighted by atomic mass is 10.0. The van der Waals surface area contributed by atoms with Crippen LogP contribution in [0.2, 0.25) is 0 Å². The number of morpholine rings is 1. The Bertz CT molecular complexity index is 760. The molecule has 3 atom stereocenters. The number of hydrogen-bond donors (Lipinski definition) is 1. The van der Waals surface area contributed by atoms with Gasteiger partial charge < -0.3 is 19.5 Å². The van der Waals surface area contributed by atoms with Crippen molar-refractivity contribution in [3.05, 3.63) is 47.8 Å². The number of nitrogens with one attached hydrogen (secondary N) is 1. The van der Waals surface area contributed by atoms with Crippen LogP contribution in [-0.2, 0) is 16.6 Å². The van der Waals surface area contributed by atoms with Crippen LogP contribution in [0.5, 0.6) is 0 Å². The van der Waals surface area contributed by atoms with Crippen molar-refractivity contribution in [1.29, 1.82) is 0 Å². The van der Waals surface area contributed by atoms with Crippen molar-refractivity contribution < 1.29 is 9.53 Å². The monoisotopic (exact) mass is 357 g/mol. The third-order valence-corrected chi connectivity index (χ3v) is 4.90. The van der Waals surface area contributed by atoms with Crippen molar-refractivity contribution in [3.63, 3.8) is 0 Å². The van der Waals surface area contributed by atoms with Gasteiger partial charge in [0.1, 0.15) is 18.5 Å². The number of pyridine rings is 1. The van der Waals surface area contributed by atoms with Crippen molar-refractivity contribution in [2.75, 3.05) is 19.7 Å². The molecular formula is C19H27N5O2. The molecule has 7 nitrogen and oxygen atoms in total. The van der Waals surface area contributed by atoms with Gasteiger partial charge in [0.25, 0.3) is 0 Å². The van der Waals surface area contributed by atoms with Gasteiger partial charge in [-0.15, -0.1) is 0 Å². The number of aromatic nitrogens is 3. The Kier molecular flexibility index (Phi) is 5.68. The fraction of sp³-hybridized carbons (Fsp3) is 0.526. The standard InChI is InChI=1S/C19H27N5O2/c1-5-24-17(25)12-26-16(18(24)19-21-8-9-23(19)4)11-22-14(3)15-10-13(2)6-7-20-15/h6-10,14,16,18,22H,5,11-12H2,1-4H3/t14?,16-,18+/m0/s1. The van der Waals surface area contributed by atoms with Crippen LogP contribution >= 0.6 is 0 Å². The summed E-state index contributed by atoms with van der Waals surface area (Å²) in [6, 6.07) is 3.96. The van der Waals surface area contributed by atoms with Gasteiger partial charge in [-0.25, -0.2) is 4.98 Å². The highest BCUT2D eigenvalue weighted by atomic mass is 16.5. The molecule has 3 rings (SSSR count). The molecule has 1 N–H and O–H groups in total. The molecule has 0 bridgehead atoms. The van der Waals surface area contributed by atoms with Crippen molar-refractivity contribution in [2.24, 2.45) is 7.05 Å². The van der Waals surface area contributed by atoms with Gasteiger partial charge in [-0.1, -0.05) is 0 Å². The number of imidazole rings is 1. The maximum Gasteiger partial charge on any atom is 0.249 e. The van der Waals surface area contributed by atoms with Gasteiger partial charge in [-0.2, -0.15) is 0 Å². The van der Waals surface area contributed by atoms with Gasteiger partial charge in [0.05, 0.1) is 11.8 Å². The molecule has 3 heterocycles. The van der Waals surface area contributed by atoms with Crippen LogP contribution in [0.1, 0.15) is 43.0 Å². The molecule has 0 spiro atoms. The maximum absolute atomic E-state index is 12.3. The normalized spacial score (nSPS) is 21.8. The summed E-state index contributed by atoms with van der Waals surface area (Å²) in [4.78, 5) is 23.1. The number of hydrogen-bond acceptors (Lipinski definition) is 5. The summed E-state index contributed by atoms with van der Waals surface area (Å²) in [5.41, 5.74) is 2.18. The average molecular weight is 357 g/mol. The van der Waals surface area contributed by atoms with Crippen LogP contribution in [0.3, 0.4) is 0 Å². The quantitative estimate of drug-likeness (QED) is 0.853. The molecule has 0 aromatic carbocycles. The largest absolute Gasteiger partial charge is 0.364 e. The van der Waals surface area contributed by atoms with E-state index in [1.807, 2.05) is 41.9 Å². The zero-order valence-electron chi connectivity index (χ0n) is 15.8. The molecule has 0 saturated carbocycles. The van der Waals surface area contributed by atoms with Crippen LogP contribution in [0, 0.1) is 6.92 Å². The van der Waals surface area contributed by atoms with E-state index in [2.05, 4.69) is 35.2 Å². The summed E-state index contributed by atoms with van der Waals surface area (Å²) < 4.78 is 7.85. The first kappa shape index (κ1) is 18.5. The number of aryl methyl sites for hydroxylation is 2. The third kappa shape index (κ3) is 3.78. The molecule has 0 radical (unpaired) electrons. The molecule has 7 heteroatoms. The fourth-order valence-electron chi connectivity index (χ4n) is 3.41. The lowest BCUT2D eigenvalue weighted by molar-refractivity contribution is -0.157. The smallest absolute Gasteiger partial charge is 0.249 e. The molecule has 1 fully saturated rings. The second kappa shape index (κ2) is 7.97. The lowest BCUT2D eigenvalue weighted by Crippen LogP contribution is -2.52. The van der Waals surface area contributed by atoms with E-state index in [1.54, 1.807) is 6.20 Å². The molecule has 1 amide bonds. The van der Waals surface area contributed by atoms with Crippen molar-refractivity contribution in [1.82, 2.24) is 24.8 Å². The summed E-state index contributed by atoms with van der Waals surface area (Å²) >= 11 is 0. The molecule has 2 aromatic heterocycles. The minimum Gasteiger partial charge on any atom is -0.364 e. The van der Waals surface area contributed by atoms with Crippen LogP contribution in [0.25, 0.3) is 0 Å². The lowest BCUT2D eigenvalue weighted by Gasteiger charge is -2.40. The van der Waals surface area contributed by atoms with Gasteiger partial charge in [-0.3, -0.25) is 9.78 Å². The van der Waals surface area contributed by atoms with Gasteiger partial charge in [-0.05, 0) is 38.5 Å². The molecule has 2 aromatic rings. The Morgan fingerprint density at radius 2 is 2.19 bits per heavy atom. The number of amides is 1. The molecular weight excluding hydrogens is 330 g/mol. The predicted molar refractivity (Wildman–Crippen MR) is 98.5 cm³/mol. The Morgan fingerprint density at radius 1 is 1.38 bits per heavy atom. The van der Waals surface area contributed by atoms with E-state index >= 15 is 0 Å². The second-order valence-electron chi connectivity index (χ2n) is 6.76. The van der Waals surface area contributed by atoms with Crippen LogP contribution < -0.4 is 5.32 Å². The number of nitrogens with zero attached hydrogens (tertiary/aromatic N) is 4. The zero-order chi connectivity index (χ0) is 18.7. The van der Waals surface area contributed by atoms with Crippen molar-refractivity contribution in [3.8, 4) is 0 Å². The van der Waals surface area contributed by atoms with Crippen LogP contribution in [0.4, 0.5) is 0 Å². The highest BCUT2D eigenvalue weighted by molar-refractivity contribution is 5.78. The SMILES string of the molecule is CCN1C(=O)CO[C@@H](CNC(C)c2cc(C)ccn2)[C@@H]1c1nccn1C. The first-order valence-electron chi connectivity index (χ1n) is 9.05. The molecule has 1 aliphatic rings. The van der Waals surface area contributed by atoms with E-state index in [4.69, 9.17) is 4.74 Å². The van der Waals surface area contributed by atoms with E-state index in [0.717, 1.165) is 11.5 Å². The Balaban J connectivity index is 1.76. The minimum atomic E-state index is -0.202. The summed E-state index contributed by atoms with van der Waals surface area (Å²) in [5, 5.41) is 3.50. The molecule has 26 heavy (non-hydrogen) atoms. The number of rotatable bonds is 6. The number of likely N-dealkylation sites (N-methyl/N-ethyl adjacent to an activating group) is 1. The van der Waals surface area contributed by atoms with E-state index in [-0.39, 0.29) is 30.7 Å². The molecule has 1 saturated heterocycles. The number of carbonyl (C=O) groups excluding carboxylic acids is 1. The summed E-state index contributed by atoms with van der Waals surface area (Å²) in [6.07, 6.45) is 5.31. The van der Waals surface area contributed by atoms with E-state index < -0.39 is 0 Å². The van der Waals surface area contributed by atoms with Gasteiger partial charge in [0.15, 0.2) is 0 Å². The highest BCUT2D eigenvalue weighted by Crippen LogP contribution is 2.29. The summed E-state index contributed by atoms with van der Waals surface area (Å²) in [7, 11) is 1.94. The summed E-state index contributed by atoms with van der Waals surface area (Å²) in [5.74, 6) is 0.846. The van der Waals surface area contributed by atoms with E-state index in [0.29, 0.717) is 13.1 Å². The van der Waals surface area contributed by atoms with Gasteiger partial charge in [0, 0.05) is 44.8 Å². The Hall–Kier alpha value is -2.25. The Labute approximate surface area is 154 Å². The third-order valence-electron chi connectivity index (χ3n) is 4.90. The van der Waals surface area contributed by atoms with Crippen molar-refractivity contribution >= 4 is 5.91 Å². The first-order chi connectivity index (χ1) is 12.5. The molecule has 140 valence electrons. The topological polar surface area (TPSA) is 72.3 Å². The number of carbonyl (C=O) groups is 1. The van der Waals surface area contributed by atoms with Gasteiger partial charge in [0.2, 0.25) is 5.91 Å². The molecule has 1 unspecified atom stereocenters. The summed E-state index contributed by atoms with van der Waals surface area (Å²) in [6.45, 7) is 7.48. The molecule has 1 aliphatic heterocycles.